The first-order chi connectivity index (χ1) is 16.6. The van der Waals surface area contributed by atoms with Crippen LogP contribution in [0, 0.1) is 0 Å². The lowest BCUT2D eigenvalue weighted by atomic mass is 9.74. The van der Waals surface area contributed by atoms with Gasteiger partial charge in [0.25, 0.3) is 0 Å². The Kier molecular flexibility index (Phi) is 10.7. The minimum atomic E-state index is -0.146. The molecule has 0 unspecified atom stereocenters. The number of phenols is 2. The molecule has 2 rings (SSSR count). The van der Waals surface area contributed by atoms with Gasteiger partial charge in [0.05, 0.1) is 0 Å². The molecule has 196 valence electrons. The Hall–Kier alpha value is -2.04. The van der Waals surface area contributed by atoms with Crippen LogP contribution in [0.2, 0.25) is 0 Å². The van der Waals surface area contributed by atoms with Crippen LogP contribution in [0.25, 0.3) is 0 Å². The predicted octanol–water partition coefficient (Wildman–Crippen LogP) is 6.69. The number of aliphatic hydroxyl groups is 2. The molecular formula is C31H48O4. The molecule has 0 heterocycles. The van der Waals surface area contributed by atoms with Crippen molar-refractivity contribution in [2.75, 3.05) is 13.2 Å². The summed E-state index contributed by atoms with van der Waals surface area (Å²) in [6, 6.07) is 8.29. The van der Waals surface area contributed by atoms with Crippen molar-refractivity contribution in [3.8, 4) is 11.5 Å². The van der Waals surface area contributed by atoms with Crippen LogP contribution in [0.4, 0.5) is 0 Å². The minimum absolute atomic E-state index is 0.133. The van der Waals surface area contributed by atoms with Crippen LogP contribution in [-0.4, -0.2) is 33.6 Å². The molecule has 0 atom stereocenters. The minimum Gasteiger partial charge on any atom is -0.507 e. The SMILES string of the molecule is CCC(C)(CC)c1cc(CCCO)cc(Cc2cc(CCCO)cc(C(C)(CC)CC)c2O)c1O. The number of hydrogen-bond acceptors (Lipinski definition) is 4. The van der Waals surface area contributed by atoms with Gasteiger partial charge in [0.15, 0.2) is 0 Å². The Bertz CT molecular complexity index is 877. The number of rotatable bonds is 14. The Balaban J connectivity index is 2.70. The van der Waals surface area contributed by atoms with E-state index in [9.17, 15) is 20.4 Å². The number of aromatic hydroxyl groups is 2. The zero-order chi connectivity index (χ0) is 26.2. The molecule has 0 fully saturated rings. The van der Waals surface area contributed by atoms with Crippen molar-refractivity contribution in [3.05, 3.63) is 57.6 Å². The van der Waals surface area contributed by atoms with E-state index in [4.69, 9.17) is 0 Å². The van der Waals surface area contributed by atoms with E-state index in [1.165, 1.54) is 0 Å². The second-order valence-electron chi connectivity index (χ2n) is 10.7. The molecular weight excluding hydrogens is 436 g/mol. The Morgan fingerprint density at radius 1 is 0.600 bits per heavy atom. The molecule has 0 saturated carbocycles. The fraction of sp³-hybridized carbons (Fsp3) is 0.613. The molecule has 2 aromatic rings. The molecule has 0 aliphatic rings. The Morgan fingerprint density at radius 3 is 1.23 bits per heavy atom. The highest BCUT2D eigenvalue weighted by molar-refractivity contribution is 5.54. The smallest absolute Gasteiger partial charge is 0.122 e. The van der Waals surface area contributed by atoms with Gasteiger partial charge in [0, 0.05) is 30.8 Å². The van der Waals surface area contributed by atoms with Crippen LogP contribution in [0.3, 0.4) is 0 Å². The normalized spacial score (nSPS) is 12.3. The highest BCUT2D eigenvalue weighted by Crippen LogP contribution is 2.43. The van der Waals surface area contributed by atoms with E-state index in [2.05, 4.69) is 53.7 Å². The fourth-order valence-corrected chi connectivity index (χ4v) is 5.03. The number of hydrogen-bond donors (Lipinski definition) is 4. The third-order valence-corrected chi connectivity index (χ3v) is 8.55. The van der Waals surface area contributed by atoms with Gasteiger partial charge in [-0.2, -0.15) is 0 Å². The molecule has 4 N–H and O–H groups in total. The average molecular weight is 485 g/mol. The maximum Gasteiger partial charge on any atom is 0.122 e. The summed E-state index contributed by atoms with van der Waals surface area (Å²) in [5, 5.41) is 41.7. The molecule has 0 spiro atoms. The molecule has 4 heteroatoms. The average Bonchev–Trinajstić information content (AvgIpc) is 2.88. The molecule has 0 amide bonds. The number of benzene rings is 2. The van der Waals surface area contributed by atoms with Crippen molar-refractivity contribution in [2.45, 2.75) is 110 Å². The monoisotopic (exact) mass is 484 g/mol. The maximum atomic E-state index is 11.5. The highest BCUT2D eigenvalue weighted by atomic mass is 16.3. The summed E-state index contributed by atoms with van der Waals surface area (Å²) >= 11 is 0. The summed E-state index contributed by atoms with van der Waals surface area (Å²) in [5.41, 5.74) is 5.47. The van der Waals surface area contributed by atoms with E-state index in [-0.39, 0.29) is 24.0 Å². The van der Waals surface area contributed by atoms with Gasteiger partial charge < -0.3 is 20.4 Å². The maximum absolute atomic E-state index is 11.5. The van der Waals surface area contributed by atoms with Crippen LogP contribution in [0.15, 0.2) is 24.3 Å². The summed E-state index contributed by atoms with van der Waals surface area (Å²) in [4.78, 5) is 0. The van der Waals surface area contributed by atoms with Crippen LogP contribution < -0.4 is 0 Å². The van der Waals surface area contributed by atoms with Crippen LogP contribution in [-0.2, 0) is 30.1 Å². The fourth-order valence-electron chi connectivity index (χ4n) is 5.03. The lowest BCUT2D eigenvalue weighted by Gasteiger charge is -2.31. The van der Waals surface area contributed by atoms with Crippen molar-refractivity contribution < 1.29 is 20.4 Å². The second kappa shape index (κ2) is 12.8. The molecule has 0 aliphatic carbocycles. The molecule has 0 radical (unpaired) electrons. The van der Waals surface area contributed by atoms with E-state index >= 15 is 0 Å². The van der Waals surface area contributed by atoms with E-state index in [1.54, 1.807) is 0 Å². The van der Waals surface area contributed by atoms with Crippen molar-refractivity contribution >= 4 is 0 Å². The summed E-state index contributed by atoms with van der Waals surface area (Å²) in [5.74, 6) is 0.638. The van der Waals surface area contributed by atoms with Gasteiger partial charge in [-0.3, -0.25) is 0 Å². The second-order valence-corrected chi connectivity index (χ2v) is 10.7. The number of aliphatic hydroxyl groups excluding tert-OH is 2. The zero-order valence-corrected chi connectivity index (χ0v) is 22.9. The van der Waals surface area contributed by atoms with Crippen LogP contribution in [0.5, 0.6) is 11.5 Å². The molecule has 35 heavy (non-hydrogen) atoms. The molecule has 4 nitrogen and oxygen atoms in total. The molecule has 0 bridgehead atoms. The highest BCUT2D eigenvalue weighted by Gasteiger charge is 2.30. The lowest BCUT2D eigenvalue weighted by Crippen LogP contribution is -2.21. The van der Waals surface area contributed by atoms with Gasteiger partial charge >= 0.3 is 0 Å². The van der Waals surface area contributed by atoms with Crippen LogP contribution in [0.1, 0.15) is 113 Å². The van der Waals surface area contributed by atoms with Gasteiger partial charge in [-0.25, -0.2) is 0 Å². The predicted molar refractivity (Wildman–Crippen MR) is 146 cm³/mol. The molecule has 2 aromatic carbocycles. The number of aryl methyl sites for hydroxylation is 2. The first-order valence-electron chi connectivity index (χ1n) is 13.5. The van der Waals surface area contributed by atoms with Crippen LogP contribution >= 0.6 is 0 Å². The summed E-state index contributed by atoms with van der Waals surface area (Å²) < 4.78 is 0. The quantitative estimate of drug-likeness (QED) is 0.241. The van der Waals surface area contributed by atoms with E-state index in [0.717, 1.165) is 71.9 Å². The Morgan fingerprint density at radius 2 is 0.943 bits per heavy atom. The standard InChI is InChI=1S/C31H48O4/c1-7-30(5,8-2)26-19-22(13-11-15-32)17-24(28(26)34)21-25-18-23(14-12-16-33)20-27(29(25)35)31(6,9-3)10-4/h17-20,32-35H,7-16,21H2,1-6H3. The molecule has 0 aromatic heterocycles. The lowest BCUT2D eigenvalue weighted by molar-refractivity contribution is 0.288. The third kappa shape index (κ3) is 6.59. The van der Waals surface area contributed by atoms with Gasteiger partial charge in [0.2, 0.25) is 0 Å². The van der Waals surface area contributed by atoms with Gasteiger partial charge in [-0.1, -0.05) is 65.8 Å². The Labute approximate surface area is 213 Å². The first kappa shape index (κ1) is 29.2. The van der Waals surface area contributed by atoms with Gasteiger partial charge in [-0.15, -0.1) is 0 Å². The van der Waals surface area contributed by atoms with Gasteiger partial charge in [-0.05, 0) is 84.5 Å². The largest absolute Gasteiger partial charge is 0.507 e. The topological polar surface area (TPSA) is 80.9 Å². The van der Waals surface area contributed by atoms with Gasteiger partial charge in [0.1, 0.15) is 11.5 Å². The van der Waals surface area contributed by atoms with Crippen molar-refractivity contribution in [1.29, 1.82) is 0 Å². The zero-order valence-electron chi connectivity index (χ0n) is 22.9. The van der Waals surface area contributed by atoms with Crippen molar-refractivity contribution in [2.24, 2.45) is 0 Å². The molecule has 0 saturated heterocycles. The van der Waals surface area contributed by atoms with Crippen molar-refractivity contribution in [3.63, 3.8) is 0 Å². The van der Waals surface area contributed by atoms with E-state index in [0.29, 0.717) is 30.8 Å². The third-order valence-electron chi connectivity index (χ3n) is 8.55. The summed E-state index contributed by atoms with van der Waals surface area (Å²) in [6.45, 7) is 13.3. The van der Waals surface area contributed by atoms with Crippen molar-refractivity contribution in [1.82, 2.24) is 0 Å². The molecule has 0 aliphatic heterocycles. The first-order valence-corrected chi connectivity index (χ1v) is 13.5. The van der Waals surface area contributed by atoms with E-state index in [1.807, 2.05) is 12.1 Å². The summed E-state index contributed by atoms with van der Waals surface area (Å²) in [6.07, 6.45) is 6.94. The number of phenolic OH excluding ortho intramolecular Hbond substituents is 2. The summed E-state index contributed by atoms with van der Waals surface area (Å²) in [7, 11) is 0. The van der Waals surface area contributed by atoms with E-state index < -0.39 is 0 Å².